The SMILES string of the molecule is CN(CCCn1cccn1)S(=O)(=O)c1cccc(C(=O)N[C@H]2CCOC2)c1. The van der Waals surface area contributed by atoms with Gasteiger partial charge in [-0.15, -0.1) is 0 Å². The lowest BCUT2D eigenvalue weighted by molar-refractivity contribution is 0.0929. The number of hydrogen-bond donors (Lipinski definition) is 1. The van der Waals surface area contributed by atoms with Crippen LogP contribution in [0.1, 0.15) is 23.2 Å². The Labute approximate surface area is 159 Å². The number of benzene rings is 1. The zero-order chi connectivity index (χ0) is 19.3. The highest BCUT2D eigenvalue weighted by Gasteiger charge is 2.23. The number of nitrogens with one attached hydrogen (secondary N) is 1. The van der Waals surface area contributed by atoms with E-state index < -0.39 is 10.0 Å². The highest BCUT2D eigenvalue weighted by atomic mass is 32.2. The molecular formula is C18H24N4O4S. The normalized spacial score (nSPS) is 17.3. The van der Waals surface area contributed by atoms with E-state index in [0.29, 0.717) is 38.3 Å². The fourth-order valence-corrected chi connectivity index (χ4v) is 4.16. The van der Waals surface area contributed by atoms with Gasteiger partial charge in [0.1, 0.15) is 0 Å². The van der Waals surface area contributed by atoms with Crippen molar-refractivity contribution in [3.8, 4) is 0 Å². The van der Waals surface area contributed by atoms with Crippen molar-refractivity contribution in [1.29, 1.82) is 0 Å². The number of rotatable bonds is 8. The minimum Gasteiger partial charge on any atom is -0.379 e. The number of carbonyl (C=O) groups is 1. The van der Waals surface area contributed by atoms with Gasteiger partial charge in [-0.25, -0.2) is 12.7 Å². The molecule has 1 N–H and O–H groups in total. The summed E-state index contributed by atoms with van der Waals surface area (Å²) in [5.41, 5.74) is 0.327. The van der Waals surface area contributed by atoms with Crippen molar-refractivity contribution < 1.29 is 17.9 Å². The van der Waals surface area contributed by atoms with E-state index in [9.17, 15) is 13.2 Å². The molecule has 1 aromatic carbocycles. The first-order chi connectivity index (χ1) is 13.0. The predicted octanol–water partition coefficient (Wildman–Crippen LogP) is 1.11. The van der Waals surface area contributed by atoms with Crippen LogP contribution in [0.2, 0.25) is 0 Å². The maximum Gasteiger partial charge on any atom is 0.251 e. The molecule has 8 nitrogen and oxygen atoms in total. The Hall–Kier alpha value is -2.23. The summed E-state index contributed by atoms with van der Waals surface area (Å²) in [5, 5.41) is 6.97. The van der Waals surface area contributed by atoms with Gasteiger partial charge in [0.25, 0.3) is 5.91 Å². The predicted molar refractivity (Wildman–Crippen MR) is 99.8 cm³/mol. The molecule has 2 heterocycles. The van der Waals surface area contributed by atoms with Crippen LogP contribution >= 0.6 is 0 Å². The first-order valence-corrected chi connectivity index (χ1v) is 10.3. The van der Waals surface area contributed by atoms with E-state index in [-0.39, 0.29) is 16.8 Å². The van der Waals surface area contributed by atoms with Crippen molar-refractivity contribution in [2.75, 3.05) is 26.8 Å². The number of amides is 1. The minimum absolute atomic E-state index is 0.0252. The van der Waals surface area contributed by atoms with E-state index in [1.165, 1.54) is 16.4 Å². The number of hydrogen-bond acceptors (Lipinski definition) is 5. The van der Waals surface area contributed by atoms with Crippen LogP contribution in [0.5, 0.6) is 0 Å². The fourth-order valence-electron chi connectivity index (χ4n) is 2.90. The number of nitrogens with zero attached hydrogens (tertiary/aromatic N) is 3. The number of aromatic nitrogens is 2. The summed E-state index contributed by atoms with van der Waals surface area (Å²) in [6.45, 7) is 2.11. The van der Waals surface area contributed by atoms with Crippen LogP contribution in [0.4, 0.5) is 0 Å². The van der Waals surface area contributed by atoms with Crippen molar-refractivity contribution in [2.45, 2.75) is 30.3 Å². The number of ether oxygens (including phenoxy) is 1. The lowest BCUT2D eigenvalue weighted by Crippen LogP contribution is -2.35. The Bertz CT molecular complexity index is 861. The summed E-state index contributed by atoms with van der Waals surface area (Å²) in [4.78, 5) is 12.5. The first kappa shape index (κ1) is 19.5. The largest absolute Gasteiger partial charge is 0.379 e. The summed E-state index contributed by atoms with van der Waals surface area (Å²) >= 11 is 0. The molecule has 146 valence electrons. The molecule has 1 fully saturated rings. The Morgan fingerprint density at radius 1 is 1.41 bits per heavy atom. The van der Waals surface area contributed by atoms with Crippen LogP contribution in [0.15, 0.2) is 47.6 Å². The minimum atomic E-state index is -3.66. The van der Waals surface area contributed by atoms with Crippen LogP contribution in [-0.4, -0.2) is 61.3 Å². The van der Waals surface area contributed by atoms with Crippen LogP contribution in [0.3, 0.4) is 0 Å². The molecule has 1 saturated heterocycles. The van der Waals surface area contributed by atoms with Gasteiger partial charge in [0.2, 0.25) is 10.0 Å². The molecule has 1 aromatic heterocycles. The lowest BCUT2D eigenvalue weighted by atomic mass is 10.2. The zero-order valence-electron chi connectivity index (χ0n) is 15.2. The van der Waals surface area contributed by atoms with Gasteiger partial charge in [0, 0.05) is 44.7 Å². The molecule has 0 radical (unpaired) electrons. The molecule has 0 bridgehead atoms. The van der Waals surface area contributed by atoms with Crippen LogP contribution in [0.25, 0.3) is 0 Å². The highest BCUT2D eigenvalue weighted by molar-refractivity contribution is 7.89. The lowest BCUT2D eigenvalue weighted by Gasteiger charge is -2.18. The van der Waals surface area contributed by atoms with E-state index in [4.69, 9.17) is 4.74 Å². The van der Waals surface area contributed by atoms with Gasteiger partial charge in [0.05, 0.1) is 17.5 Å². The molecule has 0 spiro atoms. The van der Waals surface area contributed by atoms with Gasteiger partial charge in [0.15, 0.2) is 0 Å². The molecule has 1 amide bonds. The summed E-state index contributed by atoms with van der Waals surface area (Å²) in [6.07, 6.45) is 4.93. The Balaban J connectivity index is 1.63. The smallest absolute Gasteiger partial charge is 0.251 e. The second-order valence-electron chi connectivity index (χ2n) is 6.51. The van der Waals surface area contributed by atoms with E-state index in [2.05, 4.69) is 10.4 Å². The highest BCUT2D eigenvalue weighted by Crippen LogP contribution is 2.17. The monoisotopic (exact) mass is 392 g/mol. The van der Waals surface area contributed by atoms with Gasteiger partial charge >= 0.3 is 0 Å². The first-order valence-electron chi connectivity index (χ1n) is 8.89. The number of carbonyl (C=O) groups excluding carboxylic acids is 1. The summed E-state index contributed by atoms with van der Waals surface area (Å²) in [6, 6.07) is 7.93. The standard InChI is InChI=1S/C18H24N4O4S/c1-21(9-4-11-22-10-3-8-19-22)27(24,25)17-6-2-5-15(13-17)18(23)20-16-7-12-26-14-16/h2-3,5-6,8,10,13,16H,4,7,9,11-12,14H2,1H3,(H,20,23)/t16-/m0/s1. The fraction of sp³-hybridized carbons (Fsp3) is 0.444. The Kier molecular flexibility index (Phi) is 6.25. The van der Waals surface area contributed by atoms with Gasteiger partial charge in [-0.05, 0) is 37.1 Å². The number of aryl methyl sites for hydroxylation is 1. The van der Waals surface area contributed by atoms with Crippen molar-refractivity contribution >= 4 is 15.9 Å². The molecule has 1 aliphatic rings. The third-order valence-corrected chi connectivity index (χ3v) is 6.34. The summed E-state index contributed by atoms with van der Waals surface area (Å²) in [7, 11) is -2.12. The molecule has 0 unspecified atom stereocenters. The topological polar surface area (TPSA) is 93.5 Å². The van der Waals surface area contributed by atoms with Gasteiger partial charge in [-0.1, -0.05) is 6.07 Å². The van der Waals surface area contributed by atoms with Gasteiger partial charge in [-0.3, -0.25) is 9.48 Å². The van der Waals surface area contributed by atoms with E-state index in [1.54, 1.807) is 30.1 Å². The van der Waals surface area contributed by atoms with Crippen molar-refractivity contribution in [2.24, 2.45) is 0 Å². The summed E-state index contributed by atoms with van der Waals surface area (Å²) < 4.78 is 33.9. The molecule has 1 atom stereocenters. The van der Waals surface area contributed by atoms with Crippen LogP contribution < -0.4 is 5.32 Å². The van der Waals surface area contributed by atoms with Crippen molar-refractivity contribution in [1.82, 2.24) is 19.4 Å². The second-order valence-corrected chi connectivity index (χ2v) is 8.56. The van der Waals surface area contributed by atoms with Crippen molar-refractivity contribution in [3.05, 3.63) is 48.3 Å². The maximum atomic E-state index is 12.8. The molecule has 2 aromatic rings. The Morgan fingerprint density at radius 2 is 2.26 bits per heavy atom. The third-order valence-electron chi connectivity index (χ3n) is 4.49. The van der Waals surface area contributed by atoms with E-state index in [0.717, 1.165) is 6.42 Å². The average molecular weight is 392 g/mol. The number of sulfonamides is 1. The molecule has 3 rings (SSSR count). The Morgan fingerprint density at radius 3 is 2.96 bits per heavy atom. The second kappa shape index (κ2) is 8.64. The van der Waals surface area contributed by atoms with E-state index in [1.807, 2.05) is 12.3 Å². The molecule has 9 heteroatoms. The molecule has 0 saturated carbocycles. The average Bonchev–Trinajstić information content (AvgIpc) is 3.35. The molecule has 0 aliphatic carbocycles. The maximum absolute atomic E-state index is 12.8. The van der Waals surface area contributed by atoms with Gasteiger partial charge in [-0.2, -0.15) is 5.10 Å². The molecular weight excluding hydrogens is 368 g/mol. The quantitative estimate of drug-likeness (QED) is 0.726. The molecule has 27 heavy (non-hydrogen) atoms. The van der Waals surface area contributed by atoms with Crippen LogP contribution in [0, 0.1) is 0 Å². The zero-order valence-corrected chi connectivity index (χ0v) is 16.1. The van der Waals surface area contributed by atoms with Crippen LogP contribution in [-0.2, 0) is 21.3 Å². The van der Waals surface area contributed by atoms with E-state index >= 15 is 0 Å². The summed E-state index contributed by atoms with van der Waals surface area (Å²) in [5.74, 6) is -0.288. The molecule has 1 aliphatic heterocycles. The third kappa shape index (κ3) is 4.94. The van der Waals surface area contributed by atoms with Crippen molar-refractivity contribution in [3.63, 3.8) is 0 Å². The van der Waals surface area contributed by atoms with Gasteiger partial charge < -0.3 is 10.1 Å².